The number of ether oxygens (including phenoxy) is 1. The van der Waals surface area contributed by atoms with Crippen LogP contribution >= 0.6 is 23.4 Å². The van der Waals surface area contributed by atoms with Gasteiger partial charge in [0.05, 0.1) is 12.2 Å². The molecule has 0 radical (unpaired) electrons. The maximum Gasteiger partial charge on any atom is 0.254 e. The number of rotatable bonds is 7. The molecule has 1 fully saturated rings. The fourth-order valence-corrected chi connectivity index (χ4v) is 4.65. The summed E-state index contributed by atoms with van der Waals surface area (Å²) in [6.07, 6.45) is 0.104. The number of amides is 1. The van der Waals surface area contributed by atoms with E-state index >= 15 is 0 Å². The highest BCUT2D eigenvalue weighted by molar-refractivity contribution is 7.98. The van der Waals surface area contributed by atoms with Crippen LogP contribution in [0.25, 0.3) is 0 Å². The summed E-state index contributed by atoms with van der Waals surface area (Å²) in [4.78, 5) is 26.0. The van der Waals surface area contributed by atoms with Gasteiger partial charge in [-0.1, -0.05) is 35.5 Å². The Morgan fingerprint density at radius 3 is 2.57 bits per heavy atom. The van der Waals surface area contributed by atoms with Crippen molar-refractivity contribution in [3.8, 4) is 0 Å². The number of aromatic nitrogens is 2. The minimum Gasteiger partial charge on any atom is -0.372 e. The van der Waals surface area contributed by atoms with Crippen LogP contribution in [0.15, 0.2) is 35.5 Å². The lowest BCUT2D eigenvalue weighted by atomic mass is 10.1. The van der Waals surface area contributed by atoms with Crippen molar-refractivity contribution >= 4 is 35.1 Å². The van der Waals surface area contributed by atoms with Gasteiger partial charge in [-0.25, -0.2) is 9.97 Å². The van der Waals surface area contributed by atoms with Crippen molar-refractivity contribution in [1.29, 1.82) is 0 Å². The van der Waals surface area contributed by atoms with Crippen molar-refractivity contribution in [2.75, 3.05) is 31.1 Å². The molecular weight excluding hydrogens is 420 g/mol. The van der Waals surface area contributed by atoms with E-state index in [4.69, 9.17) is 16.3 Å². The van der Waals surface area contributed by atoms with Gasteiger partial charge in [0, 0.05) is 43.6 Å². The van der Waals surface area contributed by atoms with Gasteiger partial charge in [0.1, 0.15) is 11.0 Å². The Morgan fingerprint density at radius 2 is 1.90 bits per heavy atom. The largest absolute Gasteiger partial charge is 0.372 e. The quantitative estimate of drug-likeness (QED) is 0.352. The fraction of sp³-hybridized carbons (Fsp3) is 0.500. The number of hydrogen-bond donors (Lipinski definition) is 0. The molecule has 2 aromatic rings. The Morgan fingerprint density at radius 1 is 1.20 bits per heavy atom. The molecule has 0 N–H and O–H groups in total. The van der Waals surface area contributed by atoms with Crippen molar-refractivity contribution in [3.05, 3.63) is 46.6 Å². The van der Waals surface area contributed by atoms with Crippen LogP contribution < -0.4 is 4.90 Å². The van der Waals surface area contributed by atoms with Gasteiger partial charge in [0.25, 0.3) is 5.91 Å². The molecule has 1 aromatic carbocycles. The van der Waals surface area contributed by atoms with Gasteiger partial charge in [-0.3, -0.25) is 4.79 Å². The first-order valence-corrected chi connectivity index (χ1v) is 11.7. The minimum absolute atomic E-state index is 0.0478. The SMILES string of the molecule is CCN(CC)c1cc(Cl)nc(SCc2cccc(C(=O)N3CC(C)OC(C)C3)c2)n1. The Kier molecular flexibility index (Phi) is 7.97. The van der Waals surface area contributed by atoms with Crippen molar-refractivity contribution in [3.63, 3.8) is 0 Å². The Labute approximate surface area is 188 Å². The Hall–Kier alpha value is -1.83. The van der Waals surface area contributed by atoms with Crippen LogP contribution in [0.4, 0.5) is 5.82 Å². The second-order valence-electron chi connectivity index (χ2n) is 7.46. The summed E-state index contributed by atoms with van der Waals surface area (Å²) in [6, 6.07) is 9.56. The summed E-state index contributed by atoms with van der Waals surface area (Å²) in [6.45, 7) is 11.1. The number of carbonyl (C=O) groups is 1. The number of anilines is 1. The van der Waals surface area contributed by atoms with E-state index in [1.54, 1.807) is 6.07 Å². The Bertz CT molecular complexity index is 868. The van der Waals surface area contributed by atoms with E-state index < -0.39 is 0 Å². The first kappa shape index (κ1) is 22.8. The molecule has 3 rings (SSSR count). The molecule has 0 saturated carbocycles. The number of benzene rings is 1. The van der Waals surface area contributed by atoms with Crippen LogP contribution in [0.5, 0.6) is 0 Å². The third-order valence-electron chi connectivity index (χ3n) is 5.00. The fourth-order valence-electron chi connectivity index (χ4n) is 3.63. The zero-order chi connectivity index (χ0) is 21.7. The van der Waals surface area contributed by atoms with Gasteiger partial charge in [0.2, 0.25) is 0 Å². The minimum atomic E-state index is 0.0478. The average Bonchev–Trinajstić information content (AvgIpc) is 2.72. The van der Waals surface area contributed by atoms with Gasteiger partial charge in [-0.2, -0.15) is 0 Å². The first-order chi connectivity index (χ1) is 14.4. The van der Waals surface area contributed by atoms with E-state index in [1.165, 1.54) is 11.8 Å². The molecule has 1 saturated heterocycles. The number of halogens is 1. The van der Waals surface area contributed by atoms with E-state index in [9.17, 15) is 4.79 Å². The molecule has 0 aliphatic carbocycles. The number of nitrogens with zero attached hydrogens (tertiary/aromatic N) is 4. The van der Waals surface area contributed by atoms with Crippen LogP contribution in [0.2, 0.25) is 5.15 Å². The van der Waals surface area contributed by atoms with Crippen LogP contribution in [0.3, 0.4) is 0 Å². The standard InChI is InChI=1S/C22H29ClN4O2S/c1-5-26(6-2)20-11-19(23)24-22(25-20)30-14-17-8-7-9-18(10-17)21(28)27-12-15(3)29-16(4)13-27/h7-11,15-16H,5-6,12-14H2,1-4H3. The van der Waals surface area contributed by atoms with Crippen LogP contribution in [-0.4, -0.2) is 59.2 Å². The van der Waals surface area contributed by atoms with E-state index in [-0.39, 0.29) is 18.1 Å². The molecule has 2 heterocycles. The van der Waals surface area contributed by atoms with E-state index in [1.807, 2.05) is 43.0 Å². The zero-order valence-corrected chi connectivity index (χ0v) is 19.5. The highest BCUT2D eigenvalue weighted by Gasteiger charge is 2.26. The highest BCUT2D eigenvalue weighted by atomic mass is 35.5. The lowest BCUT2D eigenvalue weighted by molar-refractivity contribution is -0.0586. The molecule has 1 aromatic heterocycles. The summed E-state index contributed by atoms with van der Waals surface area (Å²) in [5, 5.41) is 1.07. The molecule has 30 heavy (non-hydrogen) atoms. The van der Waals surface area contributed by atoms with E-state index in [2.05, 4.69) is 28.7 Å². The second kappa shape index (κ2) is 10.5. The van der Waals surface area contributed by atoms with Crippen molar-refractivity contribution in [2.45, 2.75) is 50.8 Å². The summed E-state index contributed by atoms with van der Waals surface area (Å²) in [5.41, 5.74) is 1.75. The van der Waals surface area contributed by atoms with Crippen molar-refractivity contribution in [1.82, 2.24) is 14.9 Å². The molecular formula is C22H29ClN4O2S. The average molecular weight is 449 g/mol. The molecule has 1 amide bonds. The molecule has 162 valence electrons. The topological polar surface area (TPSA) is 58.6 Å². The third kappa shape index (κ3) is 5.86. The van der Waals surface area contributed by atoms with Gasteiger partial charge in [0.15, 0.2) is 5.16 Å². The van der Waals surface area contributed by atoms with Crippen LogP contribution in [-0.2, 0) is 10.5 Å². The monoisotopic (exact) mass is 448 g/mol. The smallest absolute Gasteiger partial charge is 0.254 e. The van der Waals surface area contributed by atoms with Gasteiger partial charge in [-0.15, -0.1) is 0 Å². The zero-order valence-electron chi connectivity index (χ0n) is 18.0. The van der Waals surface area contributed by atoms with Crippen molar-refractivity contribution in [2.24, 2.45) is 0 Å². The lowest BCUT2D eigenvalue weighted by Gasteiger charge is -2.35. The molecule has 2 unspecified atom stereocenters. The molecule has 8 heteroatoms. The third-order valence-corrected chi connectivity index (χ3v) is 6.11. The first-order valence-electron chi connectivity index (χ1n) is 10.4. The van der Waals surface area contributed by atoms with Crippen LogP contribution in [0, 0.1) is 0 Å². The van der Waals surface area contributed by atoms with E-state index in [0.717, 1.165) is 24.5 Å². The maximum absolute atomic E-state index is 13.0. The number of thioether (sulfide) groups is 1. The van der Waals surface area contributed by atoms with Crippen LogP contribution in [0.1, 0.15) is 43.6 Å². The van der Waals surface area contributed by atoms with Gasteiger partial charge < -0.3 is 14.5 Å². The molecule has 0 spiro atoms. The second-order valence-corrected chi connectivity index (χ2v) is 8.79. The maximum atomic E-state index is 13.0. The normalized spacial score (nSPS) is 19.0. The summed E-state index contributed by atoms with van der Waals surface area (Å²) in [5.74, 6) is 1.54. The predicted octanol–water partition coefficient (Wildman–Crippen LogP) is 4.52. The lowest BCUT2D eigenvalue weighted by Crippen LogP contribution is -2.48. The predicted molar refractivity (Wildman–Crippen MR) is 123 cm³/mol. The summed E-state index contributed by atoms with van der Waals surface area (Å²) >= 11 is 7.73. The molecule has 2 atom stereocenters. The highest BCUT2D eigenvalue weighted by Crippen LogP contribution is 2.25. The number of morpholine rings is 1. The molecule has 6 nitrogen and oxygen atoms in total. The molecule has 1 aliphatic heterocycles. The van der Waals surface area contributed by atoms with Gasteiger partial charge in [-0.05, 0) is 45.4 Å². The molecule has 1 aliphatic rings. The van der Waals surface area contributed by atoms with Crippen molar-refractivity contribution < 1.29 is 9.53 Å². The van der Waals surface area contributed by atoms with Gasteiger partial charge >= 0.3 is 0 Å². The molecule has 0 bridgehead atoms. The number of carbonyl (C=O) groups excluding carboxylic acids is 1. The van der Waals surface area contributed by atoms with E-state index in [0.29, 0.717) is 34.7 Å². The Balaban J connectivity index is 1.69. The number of hydrogen-bond acceptors (Lipinski definition) is 6. The summed E-state index contributed by atoms with van der Waals surface area (Å²) in [7, 11) is 0. The summed E-state index contributed by atoms with van der Waals surface area (Å²) < 4.78 is 5.74.